The second-order valence-corrected chi connectivity index (χ2v) is 19.7. The highest BCUT2D eigenvalue weighted by Crippen LogP contribution is 2.33. The summed E-state index contributed by atoms with van der Waals surface area (Å²) in [4.78, 5) is 88.3. The summed E-state index contributed by atoms with van der Waals surface area (Å²) in [5, 5.41) is 22.2. The predicted octanol–water partition coefficient (Wildman–Crippen LogP) is 9.18. The third-order valence-corrected chi connectivity index (χ3v) is 13.4. The van der Waals surface area contributed by atoms with Crippen LogP contribution in [0.2, 0.25) is 0 Å². The first kappa shape index (κ1) is 48.1. The minimum atomic E-state index is -0.134. The molecule has 0 atom stereocenters. The molecule has 2 aliphatic heterocycles. The lowest BCUT2D eigenvalue weighted by atomic mass is 10.1. The summed E-state index contributed by atoms with van der Waals surface area (Å²) in [5.74, 6) is 1.20. The van der Waals surface area contributed by atoms with E-state index in [0.29, 0.717) is 74.3 Å². The van der Waals surface area contributed by atoms with Gasteiger partial charge in [-0.05, 0) is 80.1 Å². The number of hydrogen-bond acceptors (Lipinski definition) is 12. The number of pyridine rings is 4. The summed E-state index contributed by atoms with van der Waals surface area (Å²) in [6.07, 6.45) is 14.7. The van der Waals surface area contributed by atoms with Crippen molar-refractivity contribution in [3.8, 4) is 45.3 Å². The lowest BCUT2D eigenvalue weighted by molar-refractivity contribution is -0.119. The lowest BCUT2D eigenvalue weighted by Crippen LogP contribution is -2.27. The molecule has 0 spiro atoms. The van der Waals surface area contributed by atoms with Crippen molar-refractivity contribution in [2.45, 2.75) is 59.8 Å². The summed E-state index contributed by atoms with van der Waals surface area (Å²) < 4.78 is 0. The molecule has 2 fully saturated rings. The van der Waals surface area contributed by atoms with Crippen LogP contribution in [0.1, 0.15) is 80.5 Å². The number of nitrogens with zero attached hydrogens (tertiary/aromatic N) is 10. The van der Waals surface area contributed by atoms with Crippen LogP contribution >= 0.6 is 0 Å². The van der Waals surface area contributed by atoms with E-state index in [4.69, 9.17) is 9.97 Å². The van der Waals surface area contributed by atoms with E-state index in [0.717, 1.165) is 95.9 Å². The number of amides is 4. The van der Waals surface area contributed by atoms with E-state index < -0.39 is 0 Å². The topological polar surface area (TPSA) is 265 Å². The molecule has 20 heteroatoms. The summed E-state index contributed by atoms with van der Waals surface area (Å²) in [6, 6.07) is 18.9. The largest absolute Gasteiger partial charge is 0.339 e. The number of nitrogens with one attached hydrogen (secondary N) is 6. The fourth-order valence-electron chi connectivity index (χ4n) is 9.51. The van der Waals surface area contributed by atoms with Crippen molar-refractivity contribution >= 4 is 79.1 Å². The van der Waals surface area contributed by atoms with Gasteiger partial charge in [0.2, 0.25) is 11.8 Å². The minimum Gasteiger partial charge on any atom is -0.339 e. The Labute approximate surface area is 429 Å². The summed E-state index contributed by atoms with van der Waals surface area (Å²) in [5.41, 5.74) is 11.0. The van der Waals surface area contributed by atoms with Crippen LogP contribution in [0, 0.1) is 11.8 Å². The van der Waals surface area contributed by atoms with Crippen LogP contribution in [0.25, 0.3) is 89.4 Å². The first-order valence-corrected chi connectivity index (χ1v) is 25.2. The Morgan fingerprint density at radius 1 is 0.573 bits per heavy atom. The van der Waals surface area contributed by atoms with E-state index in [1.165, 1.54) is 0 Å². The van der Waals surface area contributed by atoms with Crippen molar-refractivity contribution in [3.63, 3.8) is 0 Å². The Kier molecular flexibility index (Phi) is 13.1. The Balaban J connectivity index is 0.000000161. The van der Waals surface area contributed by atoms with Gasteiger partial charge in [0.25, 0.3) is 11.8 Å². The lowest BCUT2D eigenvalue weighted by Gasteiger charge is -2.15. The molecule has 0 aliphatic carbocycles. The number of rotatable bonds is 11. The molecule has 6 N–H and O–H groups in total. The van der Waals surface area contributed by atoms with E-state index in [1.807, 2.05) is 98.2 Å². The number of carbonyl (C=O) groups excluding carboxylic acids is 4. The number of anilines is 2. The van der Waals surface area contributed by atoms with Crippen LogP contribution < -0.4 is 10.6 Å². The van der Waals surface area contributed by atoms with Crippen LogP contribution in [0.5, 0.6) is 0 Å². The molecule has 0 radical (unpaired) electrons. The maximum absolute atomic E-state index is 13.1. The van der Waals surface area contributed by atoms with E-state index in [1.54, 1.807) is 37.2 Å². The Bertz CT molecular complexity index is 3800. The smallest absolute Gasteiger partial charge is 0.256 e. The number of fused-ring (bicyclic) bond motifs is 4. The highest BCUT2D eigenvalue weighted by atomic mass is 16.2. The summed E-state index contributed by atoms with van der Waals surface area (Å²) in [7, 11) is 0. The number of para-hydroxylation sites is 2. The van der Waals surface area contributed by atoms with Crippen molar-refractivity contribution in [1.29, 1.82) is 0 Å². The second-order valence-electron chi connectivity index (χ2n) is 19.7. The van der Waals surface area contributed by atoms with Gasteiger partial charge >= 0.3 is 0 Å². The quantitative estimate of drug-likeness (QED) is 0.0708. The van der Waals surface area contributed by atoms with E-state index in [2.05, 4.69) is 60.9 Å². The molecule has 2 saturated heterocycles. The van der Waals surface area contributed by atoms with Crippen LogP contribution in [0.4, 0.5) is 11.4 Å². The zero-order valence-electron chi connectivity index (χ0n) is 41.9. The molecule has 75 heavy (non-hydrogen) atoms. The number of H-pyrrole nitrogens is 4. The standard InChI is InChI=1S/C28H28N8O2.C27H26N8O2/c1-16(2)10-23(37)31-19-11-17(13-29-15-19)18-12-21-25(34-35-26(21)30-14-18)27-32-22-7-5-6-20(24(22)33-27)28(38)36-8-3-4-9-36;1-15(2)26(36)30-18-10-16(12-28-14-18)17-11-20-23(33-34-24(20)29-13-17)25-31-21-7-5-6-19(22(21)32-25)27(37)35-8-3-4-9-35/h5-7,11-16H,3-4,8-10H2,1-2H3,(H,31,37)(H,32,33)(H,30,34,35);5-7,10-15H,3-4,8-9H2,1-2H3,(H,30,36)(H,31,32)(H,29,33,34). The van der Waals surface area contributed by atoms with E-state index >= 15 is 0 Å². The first-order valence-electron chi connectivity index (χ1n) is 25.2. The average Bonchev–Trinajstić information content (AvgIpc) is 4.28. The number of benzene rings is 2. The van der Waals surface area contributed by atoms with Gasteiger partial charge in [-0.15, -0.1) is 0 Å². The first-order chi connectivity index (χ1) is 36.4. The van der Waals surface area contributed by atoms with Crippen LogP contribution in [-0.2, 0) is 9.59 Å². The second kappa shape index (κ2) is 20.4. The molecular formula is C55H54N16O4. The molecule has 2 aromatic carbocycles. The monoisotopic (exact) mass is 1000 g/mol. The van der Waals surface area contributed by atoms with Crippen LogP contribution in [-0.4, -0.2) is 120 Å². The van der Waals surface area contributed by atoms with E-state index in [9.17, 15) is 19.2 Å². The Hall–Kier alpha value is -9.20. The van der Waals surface area contributed by atoms with E-state index in [-0.39, 0.29) is 35.5 Å². The van der Waals surface area contributed by atoms with Crippen molar-refractivity contribution in [2.75, 3.05) is 36.8 Å². The van der Waals surface area contributed by atoms with Gasteiger partial charge in [-0.3, -0.25) is 39.3 Å². The Morgan fingerprint density at radius 3 is 1.48 bits per heavy atom. The SMILES string of the molecule is CC(C)C(=O)Nc1cncc(-c2cnc3n[nH]c(-c4nc5c(C(=O)N6CCCC6)cccc5[nH]4)c3c2)c1.CC(C)CC(=O)Nc1cncc(-c2cnc3n[nH]c(-c4nc5c(C(=O)N6CCCC6)cccc5[nH]4)c3c2)c1. The van der Waals surface area contributed by atoms with Gasteiger partial charge in [0.15, 0.2) is 22.9 Å². The normalized spacial score (nSPS) is 13.6. The maximum atomic E-state index is 13.1. The van der Waals surface area contributed by atoms with Gasteiger partial charge in [-0.2, -0.15) is 10.2 Å². The molecule has 4 amide bonds. The minimum absolute atomic E-state index is 0.0107. The fraction of sp³-hybridized carbons (Fsp3) is 0.273. The van der Waals surface area contributed by atoms with Crippen LogP contribution in [0.3, 0.4) is 0 Å². The molecule has 10 aromatic rings. The predicted molar refractivity (Wildman–Crippen MR) is 286 cm³/mol. The van der Waals surface area contributed by atoms with Crippen molar-refractivity contribution in [2.24, 2.45) is 11.8 Å². The number of aromatic nitrogens is 12. The Morgan fingerprint density at radius 2 is 1.03 bits per heavy atom. The molecule has 20 nitrogen and oxygen atoms in total. The van der Waals surface area contributed by atoms with Gasteiger partial charge in [0, 0.05) is 85.6 Å². The molecular weight excluding hydrogens is 949 g/mol. The molecule has 378 valence electrons. The number of aromatic amines is 4. The fourth-order valence-corrected chi connectivity index (χ4v) is 9.51. The molecule has 0 saturated carbocycles. The van der Waals surface area contributed by atoms with Crippen molar-refractivity contribution in [1.82, 2.24) is 70.1 Å². The number of carbonyl (C=O) groups is 4. The van der Waals surface area contributed by atoms with Crippen LogP contribution in [0.15, 0.2) is 97.8 Å². The highest BCUT2D eigenvalue weighted by molar-refractivity contribution is 6.07. The highest BCUT2D eigenvalue weighted by Gasteiger charge is 2.26. The molecule has 8 aromatic heterocycles. The third-order valence-electron chi connectivity index (χ3n) is 13.4. The molecule has 0 bridgehead atoms. The summed E-state index contributed by atoms with van der Waals surface area (Å²) in [6.45, 7) is 10.8. The number of imidazole rings is 2. The molecule has 10 heterocycles. The van der Waals surface area contributed by atoms with Gasteiger partial charge in [-0.25, -0.2) is 19.9 Å². The van der Waals surface area contributed by atoms with Gasteiger partial charge < -0.3 is 30.4 Å². The zero-order valence-corrected chi connectivity index (χ0v) is 41.9. The molecule has 12 rings (SSSR count). The third kappa shape index (κ3) is 9.88. The van der Waals surface area contributed by atoms with Gasteiger partial charge in [0.05, 0.1) is 56.7 Å². The van der Waals surface area contributed by atoms with Crippen molar-refractivity contribution in [3.05, 3.63) is 109 Å². The average molecular weight is 1000 g/mol. The van der Waals surface area contributed by atoms with Crippen molar-refractivity contribution < 1.29 is 19.2 Å². The summed E-state index contributed by atoms with van der Waals surface area (Å²) >= 11 is 0. The molecule has 0 unspecified atom stereocenters. The number of hydrogen-bond donors (Lipinski definition) is 6. The maximum Gasteiger partial charge on any atom is 0.256 e. The van der Waals surface area contributed by atoms with Gasteiger partial charge in [-0.1, -0.05) is 39.8 Å². The zero-order chi connectivity index (χ0) is 51.7. The molecule has 2 aliphatic rings. The van der Waals surface area contributed by atoms with Gasteiger partial charge in [0.1, 0.15) is 22.4 Å². The number of likely N-dealkylation sites (tertiary alicyclic amines) is 2.